The molecular formula is C13H13F3N6S. The standard InChI is InChI=1S/C13H13F3N6S/c14-13(15,16)8(3-9(17)23)12(4-21-22-5-12)10-7-1-2-18-11(7)20-6-19-10/h1-2,4,6,8,22H,3,5H2,(H2,17,23)(H,18,19,20)/t8-,12?/m1/s1. The molecule has 10 heteroatoms. The summed E-state index contributed by atoms with van der Waals surface area (Å²) in [6.45, 7) is -0.0446. The number of aromatic nitrogens is 3. The van der Waals surface area contributed by atoms with Gasteiger partial charge < -0.3 is 16.1 Å². The Morgan fingerprint density at radius 1 is 1.43 bits per heavy atom. The van der Waals surface area contributed by atoms with Crippen LogP contribution in [0.2, 0.25) is 0 Å². The molecule has 23 heavy (non-hydrogen) atoms. The second kappa shape index (κ2) is 5.44. The molecule has 3 rings (SSSR count). The molecule has 0 radical (unpaired) electrons. The molecule has 6 nitrogen and oxygen atoms in total. The Kier molecular flexibility index (Phi) is 3.71. The van der Waals surface area contributed by atoms with Gasteiger partial charge in [0, 0.05) is 30.8 Å². The molecule has 0 fully saturated rings. The Balaban J connectivity index is 2.21. The lowest BCUT2D eigenvalue weighted by Crippen LogP contribution is -2.49. The van der Waals surface area contributed by atoms with Crippen LogP contribution in [0.5, 0.6) is 0 Å². The van der Waals surface area contributed by atoms with E-state index in [0.717, 1.165) is 0 Å². The van der Waals surface area contributed by atoms with E-state index >= 15 is 0 Å². The first-order valence-electron chi connectivity index (χ1n) is 6.75. The van der Waals surface area contributed by atoms with E-state index in [1.165, 1.54) is 12.5 Å². The van der Waals surface area contributed by atoms with E-state index in [1.54, 1.807) is 12.3 Å². The highest BCUT2D eigenvalue weighted by atomic mass is 32.1. The molecule has 0 spiro atoms. The SMILES string of the molecule is NC(=S)C[C@@H](C(F)(F)F)C1(c2ncnc3[nH]ccc23)C=NNC1. The number of rotatable bonds is 4. The normalized spacial score (nSPS) is 22.2. The van der Waals surface area contributed by atoms with Crippen molar-refractivity contribution in [1.29, 1.82) is 0 Å². The van der Waals surface area contributed by atoms with Crippen molar-refractivity contribution >= 4 is 34.5 Å². The maximum Gasteiger partial charge on any atom is 0.393 e. The fourth-order valence-electron chi connectivity index (χ4n) is 2.94. The average molecular weight is 342 g/mol. The van der Waals surface area contributed by atoms with Crippen molar-refractivity contribution in [2.45, 2.75) is 18.0 Å². The minimum Gasteiger partial charge on any atom is -0.393 e. The van der Waals surface area contributed by atoms with Gasteiger partial charge in [0.15, 0.2) is 0 Å². The van der Waals surface area contributed by atoms with E-state index in [2.05, 4.69) is 25.5 Å². The van der Waals surface area contributed by atoms with Crippen molar-refractivity contribution in [2.75, 3.05) is 6.54 Å². The molecule has 2 aromatic heterocycles. The number of alkyl halides is 3. The Bertz CT molecular complexity index is 770. The molecule has 0 aliphatic carbocycles. The van der Waals surface area contributed by atoms with Crippen LogP contribution >= 0.6 is 12.2 Å². The lowest BCUT2D eigenvalue weighted by atomic mass is 9.71. The van der Waals surface area contributed by atoms with Gasteiger partial charge in [-0.25, -0.2) is 9.97 Å². The molecule has 0 aromatic carbocycles. The number of nitrogens with zero attached hydrogens (tertiary/aromatic N) is 3. The third kappa shape index (κ3) is 2.62. The van der Waals surface area contributed by atoms with Crippen molar-refractivity contribution < 1.29 is 13.2 Å². The Hall–Kier alpha value is -2.23. The molecular weight excluding hydrogens is 329 g/mol. The van der Waals surface area contributed by atoms with Crippen molar-refractivity contribution in [3.8, 4) is 0 Å². The number of H-pyrrole nitrogens is 1. The molecule has 0 amide bonds. The van der Waals surface area contributed by atoms with Gasteiger partial charge in [0.1, 0.15) is 12.0 Å². The summed E-state index contributed by atoms with van der Waals surface area (Å²) in [6, 6.07) is 1.65. The smallest absolute Gasteiger partial charge is 0.393 e. The summed E-state index contributed by atoms with van der Waals surface area (Å²) in [6.07, 6.45) is -0.918. The van der Waals surface area contributed by atoms with Crippen LogP contribution < -0.4 is 11.2 Å². The number of hydrazone groups is 1. The van der Waals surface area contributed by atoms with Gasteiger partial charge in [-0.1, -0.05) is 12.2 Å². The quantitative estimate of drug-likeness (QED) is 0.735. The highest BCUT2D eigenvalue weighted by molar-refractivity contribution is 7.80. The molecule has 1 unspecified atom stereocenters. The van der Waals surface area contributed by atoms with Gasteiger partial charge in [-0.15, -0.1) is 0 Å². The second-order valence-electron chi connectivity index (χ2n) is 5.36. The first-order valence-corrected chi connectivity index (χ1v) is 7.16. The van der Waals surface area contributed by atoms with E-state index in [4.69, 9.17) is 18.0 Å². The van der Waals surface area contributed by atoms with Gasteiger partial charge in [-0.3, -0.25) is 0 Å². The monoisotopic (exact) mass is 342 g/mol. The highest BCUT2D eigenvalue weighted by Crippen LogP contribution is 2.45. The van der Waals surface area contributed by atoms with E-state index in [0.29, 0.717) is 11.0 Å². The zero-order valence-electron chi connectivity index (χ0n) is 11.8. The number of hydrogen-bond acceptors (Lipinski definition) is 5. The van der Waals surface area contributed by atoms with Crippen molar-refractivity contribution in [2.24, 2.45) is 16.8 Å². The Morgan fingerprint density at radius 3 is 2.83 bits per heavy atom. The zero-order valence-corrected chi connectivity index (χ0v) is 12.6. The van der Waals surface area contributed by atoms with Crippen molar-refractivity contribution in [3.63, 3.8) is 0 Å². The molecule has 0 bridgehead atoms. The topological polar surface area (TPSA) is 92.0 Å². The Morgan fingerprint density at radius 2 is 2.22 bits per heavy atom. The van der Waals surface area contributed by atoms with Crippen LogP contribution in [0, 0.1) is 5.92 Å². The number of fused-ring (bicyclic) bond motifs is 1. The van der Waals surface area contributed by atoms with Gasteiger partial charge in [0.05, 0.1) is 22.0 Å². The summed E-state index contributed by atoms with van der Waals surface area (Å²) >= 11 is 4.73. The average Bonchev–Trinajstić information content (AvgIpc) is 3.12. The van der Waals surface area contributed by atoms with Crippen LogP contribution in [0.25, 0.3) is 11.0 Å². The van der Waals surface area contributed by atoms with Crippen LogP contribution in [0.4, 0.5) is 13.2 Å². The van der Waals surface area contributed by atoms with Crippen LogP contribution in [-0.2, 0) is 5.41 Å². The lowest BCUT2D eigenvalue weighted by molar-refractivity contribution is -0.183. The van der Waals surface area contributed by atoms with Crippen LogP contribution in [0.1, 0.15) is 12.1 Å². The summed E-state index contributed by atoms with van der Waals surface area (Å²) < 4.78 is 41.2. The van der Waals surface area contributed by atoms with Gasteiger partial charge in [0.2, 0.25) is 0 Å². The zero-order chi connectivity index (χ0) is 16.7. The first kappa shape index (κ1) is 15.7. The number of nitrogens with one attached hydrogen (secondary N) is 2. The molecule has 2 atom stereocenters. The fraction of sp³-hybridized carbons (Fsp3) is 0.385. The number of hydrogen-bond donors (Lipinski definition) is 3. The number of aromatic amines is 1. The third-order valence-electron chi connectivity index (χ3n) is 3.97. The largest absolute Gasteiger partial charge is 0.393 e. The fourth-order valence-corrected chi connectivity index (χ4v) is 3.11. The van der Waals surface area contributed by atoms with Crippen molar-refractivity contribution in [1.82, 2.24) is 20.4 Å². The highest BCUT2D eigenvalue weighted by Gasteiger charge is 2.56. The number of halogens is 3. The minimum absolute atomic E-state index is 0.0446. The lowest BCUT2D eigenvalue weighted by Gasteiger charge is -2.35. The molecule has 122 valence electrons. The number of nitrogens with two attached hydrogens (primary N) is 1. The Labute approximate surface area is 134 Å². The number of thiocarbonyl (C=S) groups is 1. The second-order valence-corrected chi connectivity index (χ2v) is 5.88. The van der Waals surface area contributed by atoms with Gasteiger partial charge in [-0.2, -0.15) is 18.3 Å². The molecule has 0 saturated carbocycles. The summed E-state index contributed by atoms with van der Waals surface area (Å²) in [5, 5.41) is 4.33. The van der Waals surface area contributed by atoms with E-state index in [1.807, 2.05) is 0 Å². The summed E-state index contributed by atoms with van der Waals surface area (Å²) in [7, 11) is 0. The van der Waals surface area contributed by atoms with Gasteiger partial charge in [0.25, 0.3) is 0 Å². The van der Waals surface area contributed by atoms with Crippen molar-refractivity contribution in [3.05, 3.63) is 24.3 Å². The maximum absolute atomic E-state index is 13.7. The third-order valence-corrected chi connectivity index (χ3v) is 4.14. The van der Waals surface area contributed by atoms with Gasteiger partial charge in [-0.05, 0) is 6.07 Å². The molecule has 4 N–H and O–H groups in total. The van der Waals surface area contributed by atoms with Crippen LogP contribution in [0.15, 0.2) is 23.7 Å². The molecule has 1 aliphatic rings. The van der Waals surface area contributed by atoms with Gasteiger partial charge >= 0.3 is 6.18 Å². The summed E-state index contributed by atoms with van der Waals surface area (Å²) in [5.41, 5.74) is 7.24. The molecule has 0 saturated heterocycles. The van der Waals surface area contributed by atoms with E-state index in [9.17, 15) is 13.2 Å². The van der Waals surface area contributed by atoms with E-state index in [-0.39, 0.29) is 17.2 Å². The minimum atomic E-state index is -4.52. The molecule has 3 heterocycles. The predicted octanol–water partition coefficient (Wildman–Crippen LogP) is 1.64. The summed E-state index contributed by atoms with van der Waals surface area (Å²) in [4.78, 5) is 10.8. The molecule has 2 aromatic rings. The maximum atomic E-state index is 13.7. The predicted molar refractivity (Wildman–Crippen MR) is 83.0 cm³/mol. The summed E-state index contributed by atoms with van der Waals surface area (Å²) in [5.74, 6) is -1.83. The molecule has 1 aliphatic heterocycles. The van der Waals surface area contributed by atoms with Crippen LogP contribution in [-0.4, -0.2) is 38.9 Å². The van der Waals surface area contributed by atoms with E-state index < -0.39 is 23.9 Å². The first-order chi connectivity index (χ1) is 10.8. The van der Waals surface area contributed by atoms with Crippen LogP contribution in [0.3, 0.4) is 0 Å².